The molecular formula is C13H17NO. The molecule has 1 saturated carbocycles. The maximum Gasteiger partial charge on any atom is 0.0645 e. The molecule has 0 unspecified atom stereocenters. The van der Waals surface area contributed by atoms with Crippen LogP contribution in [-0.2, 0) is 0 Å². The first-order valence-corrected chi connectivity index (χ1v) is 5.67. The quantitative estimate of drug-likeness (QED) is 0.422. The first-order valence-electron chi connectivity index (χ1n) is 5.67. The summed E-state index contributed by atoms with van der Waals surface area (Å²) < 4.78 is 0. The van der Waals surface area contributed by atoms with Crippen molar-refractivity contribution in [3.05, 3.63) is 35.9 Å². The largest absolute Gasteiger partial charge is 0.411 e. The van der Waals surface area contributed by atoms with Gasteiger partial charge in [-0.1, -0.05) is 48.3 Å². The molecule has 0 aromatic heterocycles. The summed E-state index contributed by atoms with van der Waals surface area (Å²) in [7, 11) is 0. The Labute approximate surface area is 90.6 Å². The van der Waals surface area contributed by atoms with Crippen LogP contribution in [0, 0.1) is 0 Å². The molecule has 1 aromatic carbocycles. The van der Waals surface area contributed by atoms with E-state index < -0.39 is 0 Å². The molecule has 1 N–H and O–H groups in total. The zero-order valence-corrected chi connectivity index (χ0v) is 8.89. The van der Waals surface area contributed by atoms with Crippen LogP contribution in [0.2, 0.25) is 0 Å². The molecule has 0 amide bonds. The van der Waals surface area contributed by atoms with Gasteiger partial charge in [0.25, 0.3) is 0 Å². The Morgan fingerprint density at radius 3 is 2.60 bits per heavy atom. The van der Waals surface area contributed by atoms with Gasteiger partial charge in [0.15, 0.2) is 0 Å². The van der Waals surface area contributed by atoms with Crippen molar-refractivity contribution < 1.29 is 5.21 Å². The van der Waals surface area contributed by atoms with Crippen LogP contribution in [0.3, 0.4) is 0 Å². The summed E-state index contributed by atoms with van der Waals surface area (Å²) in [5, 5.41) is 12.5. The molecule has 80 valence electrons. The van der Waals surface area contributed by atoms with E-state index in [1.807, 2.05) is 6.07 Å². The Morgan fingerprint density at radius 1 is 1.07 bits per heavy atom. The number of oxime groups is 1. The Kier molecular flexibility index (Phi) is 3.38. The first kappa shape index (κ1) is 10.2. The van der Waals surface area contributed by atoms with Crippen LogP contribution in [0.4, 0.5) is 0 Å². The van der Waals surface area contributed by atoms with E-state index in [9.17, 15) is 0 Å². The fourth-order valence-corrected chi connectivity index (χ4v) is 2.34. The van der Waals surface area contributed by atoms with Gasteiger partial charge in [-0.05, 0) is 24.8 Å². The fraction of sp³-hybridized carbons (Fsp3) is 0.462. The lowest BCUT2D eigenvalue weighted by Gasteiger charge is -2.15. The van der Waals surface area contributed by atoms with E-state index in [-0.39, 0.29) is 0 Å². The van der Waals surface area contributed by atoms with Crippen LogP contribution >= 0.6 is 0 Å². The highest BCUT2D eigenvalue weighted by atomic mass is 16.4. The molecule has 0 saturated heterocycles. The Morgan fingerprint density at radius 2 is 1.87 bits per heavy atom. The van der Waals surface area contributed by atoms with Gasteiger partial charge < -0.3 is 5.21 Å². The third-order valence-corrected chi connectivity index (χ3v) is 3.16. The van der Waals surface area contributed by atoms with Crippen molar-refractivity contribution in [3.63, 3.8) is 0 Å². The maximum absolute atomic E-state index is 9.04. The molecular weight excluding hydrogens is 186 g/mol. The summed E-state index contributed by atoms with van der Waals surface area (Å²) in [5.74, 6) is 0.332. The van der Waals surface area contributed by atoms with Crippen LogP contribution < -0.4 is 0 Å². The monoisotopic (exact) mass is 203 g/mol. The highest BCUT2D eigenvalue weighted by Gasteiger charge is 2.20. The van der Waals surface area contributed by atoms with E-state index in [1.165, 1.54) is 18.4 Å². The van der Waals surface area contributed by atoms with Gasteiger partial charge in [-0.15, -0.1) is 0 Å². The van der Waals surface area contributed by atoms with E-state index >= 15 is 0 Å². The van der Waals surface area contributed by atoms with Gasteiger partial charge in [0.05, 0.1) is 5.71 Å². The minimum Gasteiger partial charge on any atom is -0.411 e. The van der Waals surface area contributed by atoms with Crippen molar-refractivity contribution in [2.45, 2.75) is 38.0 Å². The first-order chi connectivity index (χ1) is 7.42. The van der Waals surface area contributed by atoms with E-state index in [4.69, 9.17) is 5.21 Å². The minimum atomic E-state index is 0.332. The summed E-state index contributed by atoms with van der Waals surface area (Å²) in [6.07, 6.45) is 5.70. The Bertz CT molecular complexity index is 332. The van der Waals surface area contributed by atoms with Gasteiger partial charge in [-0.25, -0.2) is 0 Å². The summed E-state index contributed by atoms with van der Waals surface area (Å²) in [4.78, 5) is 0. The average molecular weight is 203 g/mol. The van der Waals surface area contributed by atoms with Crippen molar-refractivity contribution in [2.24, 2.45) is 5.16 Å². The lowest BCUT2D eigenvalue weighted by atomic mass is 9.90. The number of nitrogens with zero attached hydrogens (tertiary/aromatic N) is 1. The second-order valence-electron chi connectivity index (χ2n) is 4.15. The van der Waals surface area contributed by atoms with Gasteiger partial charge >= 0.3 is 0 Å². The normalized spacial score (nSPS) is 25.1. The van der Waals surface area contributed by atoms with Crippen molar-refractivity contribution in [2.75, 3.05) is 0 Å². The fourth-order valence-electron chi connectivity index (χ4n) is 2.34. The highest BCUT2D eigenvalue weighted by molar-refractivity contribution is 5.90. The van der Waals surface area contributed by atoms with Crippen LogP contribution in [-0.4, -0.2) is 10.9 Å². The molecule has 2 nitrogen and oxygen atoms in total. The van der Waals surface area contributed by atoms with Gasteiger partial charge in [-0.3, -0.25) is 0 Å². The topological polar surface area (TPSA) is 32.6 Å². The second-order valence-corrected chi connectivity index (χ2v) is 4.15. The molecule has 0 radical (unpaired) electrons. The molecule has 1 aromatic rings. The smallest absolute Gasteiger partial charge is 0.0645 e. The summed E-state index contributed by atoms with van der Waals surface area (Å²) in [6, 6.07) is 10.4. The Hall–Kier alpha value is -1.31. The predicted molar refractivity (Wildman–Crippen MR) is 61.5 cm³/mol. The van der Waals surface area contributed by atoms with Gasteiger partial charge in [-0.2, -0.15) is 0 Å². The van der Waals surface area contributed by atoms with Crippen LogP contribution in [0.5, 0.6) is 0 Å². The highest BCUT2D eigenvalue weighted by Crippen LogP contribution is 2.29. The van der Waals surface area contributed by atoms with E-state index in [0.717, 1.165) is 25.0 Å². The van der Waals surface area contributed by atoms with Gasteiger partial charge in [0, 0.05) is 5.92 Å². The van der Waals surface area contributed by atoms with Crippen LogP contribution in [0.25, 0.3) is 0 Å². The summed E-state index contributed by atoms with van der Waals surface area (Å²) in [5.41, 5.74) is 2.24. The lowest BCUT2D eigenvalue weighted by Crippen LogP contribution is -2.10. The number of rotatable bonds is 1. The van der Waals surface area contributed by atoms with Gasteiger partial charge in [0.1, 0.15) is 0 Å². The van der Waals surface area contributed by atoms with Crippen molar-refractivity contribution in [1.82, 2.24) is 0 Å². The number of hydrogen-bond donors (Lipinski definition) is 1. The molecule has 2 heteroatoms. The van der Waals surface area contributed by atoms with E-state index in [0.29, 0.717) is 5.92 Å². The molecule has 1 fully saturated rings. The maximum atomic E-state index is 9.04. The molecule has 1 atom stereocenters. The van der Waals surface area contributed by atoms with E-state index in [1.54, 1.807) is 0 Å². The predicted octanol–water partition coefficient (Wildman–Crippen LogP) is 3.56. The van der Waals surface area contributed by atoms with Crippen molar-refractivity contribution in [1.29, 1.82) is 0 Å². The standard InChI is InChI=1S/C13H17NO/c15-14-13-10-6-2-5-9-12(13)11-7-3-1-4-8-11/h1,3-4,7-8,12,15H,2,5-6,9-10H2/b14-13+/t12-/m0/s1. The minimum absolute atomic E-state index is 0.332. The van der Waals surface area contributed by atoms with Crippen LogP contribution in [0.1, 0.15) is 43.6 Å². The zero-order chi connectivity index (χ0) is 10.5. The van der Waals surface area contributed by atoms with Crippen molar-refractivity contribution >= 4 is 5.71 Å². The number of benzene rings is 1. The molecule has 0 aliphatic heterocycles. The number of hydrogen-bond acceptors (Lipinski definition) is 2. The lowest BCUT2D eigenvalue weighted by molar-refractivity contribution is 0.315. The molecule has 0 spiro atoms. The summed E-state index contributed by atoms with van der Waals surface area (Å²) in [6.45, 7) is 0. The van der Waals surface area contributed by atoms with Crippen LogP contribution in [0.15, 0.2) is 35.5 Å². The van der Waals surface area contributed by atoms with Gasteiger partial charge in [0.2, 0.25) is 0 Å². The molecule has 1 aliphatic carbocycles. The third kappa shape index (κ3) is 2.38. The molecule has 1 aliphatic rings. The Balaban J connectivity index is 2.25. The average Bonchev–Trinajstić information content (AvgIpc) is 2.55. The molecule has 15 heavy (non-hydrogen) atoms. The SMILES string of the molecule is O/N=C1\CCCCC[C@H]1c1ccccc1. The zero-order valence-electron chi connectivity index (χ0n) is 8.89. The van der Waals surface area contributed by atoms with Crippen molar-refractivity contribution in [3.8, 4) is 0 Å². The van der Waals surface area contributed by atoms with E-state index in [2.05, 4.69) is 29.4 Å². The summed E-state index contributed by atoms with van der Waals surface area (Å²) >= 11 is 0. The molecule has 0 bridgehead atoms. The molecule has 0 heterocycles. The second kappa shape index (κ2) is 4.96. The third-order valence-electron chi connectivity index (χ3n) is 3.16. The molecule has 2 rings (SSSR count).